The molecule has 0 atom stereocenters. The first-order valence-electron chi connectivity index (χ1n) is 6.63. The van der Waals surface area contributed by atoms with E-state index in [0.717, 1.165) is 42.4 Å². The lowest BCUT2D eigenvalue weighted by Crippen LogP contribution is -2.32. The fourth-order valence-electron chi connectivity index (χ4n) is 2.30. The molecule has 96 valence electrons. The highest BCUT2D eigenvalue weighted by molar-refractivity contribution is 6.06. The molecule has 0 aliphatic heterocycles. The first-order chi connectivity index (χ1) is 8.77. The van der Waals surface area contributed by atoms with Crippen LogP contribution in [-0.2, 0) is 0 Å². The van der Waals surface area contributed by atoms with Crippen molar-refractivity contribution in [3.05, 3.63) is 36.0 Å². The molecule has 0 bridgehead atoms. The second-order valence-corrected chi connectivity index (χ2v) is 4.54. The quantitative estimate of drug-likeness (QED) is 0.859. The number of hydrogen-bond acceptors (Lipinski definition) is 1. The van der Waals surface area contributed by atoms with Crippen molar-refractivity contribution in [2.75, 3.05) is 13.1 Å². The Labute approximate surface area is 108 Å². The number of carbonyl (C=O) groups is 1. The molecule has 1 N–H and O–H groups in total. The Balaban J connectivity index is 2.34. The van der Waals surface area contributed by atoms with Gasteiger partial charge >= 0.3 is 0 Å². The van der Waals surface area contributed by atoms with Crippen LogP contribution >= 0.6 is 0 Å². The molecule has 0 saturated carbocycles. The van der Waals surface area contributed by atoms with Crippen LogP contribution in [0.1, 0.15) is 37.0 Å². The first-order valence-corrected chi connectivity index (χ1v) is 6.63. The maximum atomic E-state index is 12.5. The van der Waals surface area contributed by atoms with Gasteiger partial charge in [0, 0.05) is 35.8 Å². The van der Waals surface area contributed by atoms with E-state index >= 15 is 0 Å². The van der Waals surface area contributed by atoms with Crippen molar-refractivity contribution in [1.29, 1.82) is 0 Å². The maximum Gasteiger partial charge on any atom is 0.254 e. The zero-order valence-corrected chi connectivity index (χ0v) is 11.1. The molecular weight excluding hydrogens is 224 g/mol. The smallest absolute Gasteiger partial charge is 0.254 e. The van der Waals surface area contributed by atoms with E-state index in [9.17, 15) is 4.79 Å². The monoisotopic (exact) mass is 244 g/mol. The Bertz CT molecular complexity index is 524. The minimum absolute atomic E-state index is 0.143. The summed E-state index contributed by atoms with van der Waals surface area (Å²) in [5.74, 6) is 0.143. The standard InChI is InChI=1S/C15H20N2O/c1-3-10-17(11-4-2)15(18)13-6-5-7-14-12(13)8-9-16-14/h5-9,16H,3-4,10-11H2,1-2H3. The van der Waals surface area contributed by atoms with Gasteiger partial charge in [-0.05, 0) is 31.0 Å². The third-order valence-electron chi connectivity index (χ3n) is 3.10. The fourth-order valence-corrected chi connectivity index (χ4v) is 2.30. The predicted molar refractivity (Wildman–Crippen MR) is 74.8 cm³/mol. The average Bonchev–Trinajstić information content (AvgIpc) is 2.85. The average molecular weight is 244 g/mol. The Morgan fingerprint density at radius 1 is 1.17 bits per heavy atom. The number of carbonyl (C=O) groups excluding carboxylic acids is 1. The molecule has 3 nitrogen and oxygen atoms in total. The number of nitrogens with one attached hydrogen (secondary N) is 1. The molecular formula is C15H20N2O. The molecule has 1 aromatic heterocycles. The van der Waals surface area contributed by atoms with E-state index in [1.54, 1.807) is 0 Å². The largest absolute Gasteiger partial charge is 0.361 e. The predicted octanol–water partition coefficient (Wildman–Crippen LogP) is 3.43. The van der Waals surface area contributed by atoms with Gasteiger partial charge in [-0.15, -0.1) is 0 Å². The van der Waals surface area contributed by atoms with E-state index in [0.29, 0.717) is 0 Å². The Morgan fingerprint density at radius 2 is 1.89 bits per heavy atom. The lowest BCUT2D eigenvalue weighted by atomic mass is 10.1. The van der Waals surface area contributed by atoms with Crippen LogP contribution in [0.4, 0.5) is 0 Å². The number of fused-ring (bicyclic) bond motifs is 1. The molecule has 18 heavy (non-hydrogen) atoms. The molecule has 0 radical (unpaired) electrons. The zero-order valence-electron chi connectivity index (χ0n) is 11.1. The molecule has 0 aliphatic carbocycles. The van der Waals surface area contributed by atoms with Gasteiger partial charge in [0.05, 0.1) is 0 Å². The Morgan fingerprint density at radius 3 is 2.56 bits per heavy atom. The summed E-state index contributed by atoms with van der Waals surface area (Å²) >= 11 is 0. The fraction of sp³-hybridized carbons (Fsp3) is 0.400. The van der Waals surface area contributed by atoms with Gasteiger partial charge in [-0.25, -0.2) is 0 Å². The van der Waals surface area contributed by atoms with Gasteiger partial charge in [-0.3, -0.25) is 4.79 Å². The number of aromatic nitrogens is 1. The molecule has 0 spiro atoms. The number of rotatable bonds is 5. The summed E-state index contributed by atoms with van der Waals surface area (Å²) in [7, 11) is 0. The SMILES string of the molecule is CCCN(CCC)C(=O)c1cccc2[nH]ccc12. The van der Waals surface area contributed by atoms with Crippen LogP contribution in [0.15, 0.2) is 30.5 Å². The van der Waals surface area contributed by atoms with Crippen LogP contribution in [0.3, 0.4) is 0 Å². The highest BCUT2D eigenvalue weighted by Gasteiger charge is 2.16. The van der Waals surface area contributed by atoms with Crippen LogP contribution in [0, 0.1) is 0 Å². The van der Waals surface area contributed by atoms with E-state index in [1.165, 1.54) is 0 Å². The molecule has 0 saturated heterocycles. The minimum Gasteiger partial charge on any atom is -0.361 e. The summed E-state index contributed by atoms with van der Waals surface area (Å²) in [4.78, 5) is 17.6. The van der Waals surface area contributed by atoms with E-state index in [4.69, 9.17) is 0 Å². The summed E-state index contributed by atoms with van der Waals surface area (Å²) in [6, 6.07) is 7.81. The summed E-state index contributed by atoms with van der Waals surface area (Å²) < 4.78 is 0. The van der Waals surface area contributed by atoms with Crippen LogP contribution in [0.5, 0.6) is 0 Å². The van der Waals surface area contributed by atoms with Crippen molar-refractivity contribution in [3.63, 3.8) is 0 Å². The zero-order chi connectivity index (χ0) is 13.0. The first kappa shape index (κ1) is 12.7. The van der Waals surface area contributed by atoms with E-state index in [2.05, 4.69) is 18.8 Å². The molecule has 1 heterocycles. The van der Waals surface area contributed by atoms with Crippen molar-refractivity contribution < 1.29 is 4.79 Å². The molecule has 0 unspecified atom stereocenters. The third-order valence-corrected chi connectivity index (χ3v) is 3.10. The second-order valence-electron chi connectivity index (χ2n) is 4.54. The van der Waals surface area contributed by atoms with E-state index < -0.39 is 0 Å². The van der Waals surface area contributed by atoms with Crippen LogP contribution in [0.2, 0.25) is 0 Å². The van der Waals surface area contributed by atoms with Gasteiger partial charge < -0.3 is 9.88 Å². The molecule has 1 aromatic carbocycles. The van der Waals surface area contributed by atoms with Crippen molar-refractivity contribution in [1.82, 2.24) is 9.88 Å². The lowest BCUT2D eigenvalue weighted by Gasteiger charge is -2.21. The highest BCUT2D eigenvalue weighted by atomic mass is 16.2. The second kappa shape index (κ2) is 5.71. The third kappa shape index (κ3) is 2.40. The van der Waals surface area contributed by atoms with Gasteiger partial charge in [0.25, 0.3) is 5.91 Å². The number of amides is 1. The number of aromatic amines is 1. The number of hydrogen-bond donors (Lipinski definition) is 1. The number of nitrogens with zero attached hydrogens (tertiary/aromatic N) is 1. The van der Waals surface area contributed by atoms with Gasteiger partial charge in [-0.2, -0.15) is 0 Å². The summed E-state index contributed by atoms with van der Waals surface area (Å²) in [5, 5.41) is 1.01. The topological polar surface area (TPSA) is 36.1 Å². The minimum atomic E-state index is 0.143. The van der Waals surface area contributed by atoms with Crippen LogP contribution in [0.25, 0.3) is 10.9 Å². The summed E-state index contributed by atoms with van der Waals surface area (Å²) in [5.41, 5.74) is 1.82. The van der Waals surface area contributed by atoms with Crippen LogP contribution in [-0.4, -0.2) is 28.9 Å². The molecule has 2 rings (SSSR count). The van der Waals surface area contributed by atoms with Crippen molar-refractivity contribution in [2.24, 2.45) is 0 Å². The van der Waals surface area contributed by atoms with E-state index in [1.807, 2.05) is 35.4 Å². The Kier molecular flexibility index (Phi) is 4.03. The van der Waals surface area contributed by atoms with Crippen molar-refractivity contribution in [3.8, 4) is 0 Å². The van der Waals surface area contributed by atoms with Crippen LogP contribution < -0.4 is 0 Å². The lowest BCUT2D eigenvalue weighted by molar-refractivity contribution is 0.0757. The Hall–Kier alpha value is -1.77. The molecule has 3 heteroatoms. The number of H-pyrrole nitrogens is 1. The number of benzene rings is 1. The summed E-state index contributed by atoms with van der Waals surface area (Å²) in [6.45, 7) is 5.86. The van der Waals surface area contributed by atoms with E-state index in [-0.39, 0.29) is 5.91 Å². The molecule has 1 amide bonds. The molecule has 2 aromatic rings. The van der Waals surface area contributed by atoms with Gasteiger partial charge in [-0.1, -0.05) is 19.9 Å². The van der Waals surface area contributed by atoms with Gasteiger partial charge in [0.2, 0.25) is 0 Å². The maximum absolute atomic E-state index is 12.5. The van der Waals surface area contributed by atoms with Gasteiger partial charge in [0.1, 0.15) is 0 Å². The molecule has 0 aliphatic rings. The van der Waals surface area contributed by atoms with Crippen molar-refractivity contribution >= 4 is 16.8 Å². The van der Waals surface area contributed by atoms with Gasteiger partial charge in [0.15, 0.2) is 0 Å². The normalized spacial score (nSPS) is 10.8. The summed E-state index contributed by atoms with van der Waals surface area (Å²) in [6.07, 6.45) is 3.87. The highest BCUT2D eigenvalue weighted by Crippen LogP contribution is 2.19. The van der Waals surface area contributed by atoms with Crippen molar-refractivity contribution in [2.45, 2.75) is 26.7 Å². The molecule has 0 fully saturated rings.